The summed E-state index contributed by atoms with van der Waals surface area (Å²) in [6, 6.07) is 14.6. The van der Waals surface area contributed by atoms with E-state index in [0.29, 0.717) is 0 Å². The van der Waals surface area contributed by atoms with Crippen LogP contribution in [0.2, 0.25) is 0 Å². The van der Waals surface area contributed by atoms with Gasteiger partial charge in [-0.3, -0.25) is 0 Å². The van der Waals surface area contributed by atoms with Gasteiger partial charge in [0.15, 0.2) is 0 Å². The third-order valence-electron chi connectivity index (χ3n) is 3.47. The molecule has 0 heterocycles. The van der Waals surface area contributed by atoms with Gasteiger partial charge < -0.3 is 10.5 Å². The first-order valence-corrected chi connectivity index (χ1v) is 6.73. The molecule has 0 aliphatic heterocycles. The van der Waals surface area contributed by atoms with Gasteiger partial charge in [0.1, 0.15) is 5.75 Å². The molecule has 0 aliphatic rings. The molecule has 0 aliphatic carbocycles. The molecular weight excluding hydrogens is 234 g/mol. The number of para-hydroxylation sites is 1. The fraction of sp³-hybridized carbons (Fsp3) is 0.294. The van der Waals surface area contributed by atoms with Gasteiger partial charge in [-0.2, -0.15) is 0 Å². The van der Waals surface area contributed by atoms with Crippen LogP contribution in [-0.2, 0) is 19.3 Å². The smallest absolute Gasteiger partial charge is 0.122 e. The van der Waals surface area contributed by atoms with Crippen molar-refractivity contribution in [3.63, 3.8) is 0 Å². The zero-order valence-corrected chi connectivity index (χ0v) is 11.6. The third-order valence-corrected chi connectivity index (χ3v) is 3.47. The summed E-state index contributed by atoms with van der Waals surface area (Å²) in [5, 5.41) is 0. The molecule has 0 amide bonds. The van der Waals surface area contributed by atoms with Crippen LogP contribution in [0.15, 0.2) is 42.5 Å². The summed E-state index contributed by atoms with van der Waals surface area (Å²) >= 11 is 0. The fourth-order valence-electron chi connectivity index (χ4n) is 2.31. The Morgan fingerprint density at radius 1 is 1.00 bits per heavy atom. The molecule has 2 nitrogen and oxygen atoms in total. The zero-order valence-electron chi connectivity index (χ0n) is 11.6. The lowest BCUT2D eigenvalue weighted by Gasteiger charge is -2.09. The predicted molar refractivity (Wildman–Crippen MR) is 80.6 cm³/mol. The van der Waals surface area contributed by atoms with Gasteiger partial charge in [-0.1, -0.05) is 37.3 Å². The molecule has 0 bridgehead atoms. The molecule has 0 saturated heterocycles. The van der Waals surface area contributed by atoms with Gasteiger partial charge in [0.25, 0.3) is 0 Å². The Bertz CT molecular complexity index is 549. The van der Waals surface area contributed by atoms with Gasteiger partial charge in [0, 0.05) is 5.69 Å². The number of nitrogen functional groups attached to an aromatic ring is 1. The second-order valence-electron chi connectivity index (χ2n) is 4.70. The molecule has 2 heteroatoms. The number of ether oxygens (including phenoxy) is 1. The van der Waals surface area contributed by atoms with Gasteiger partial charge in [0.2, 0.25) is 0 Å². The van der Waals surface area contributed by atoms with Crippen LogP contribution in [0.4, 0.5) is 5.69 Å². The quantitative estimate of drug-likeness (QED) is 0.828. The lowest BCUT2D eigenvalue weighted by Crippen LogP contribution is -1.98. The Balaban J connectivity index is 2.08. The number of rotatable bonds is 5. The van der Waals surface area contributed by atoms with E-state index < -0.39 is 0 Å². The molecule has 2 aromatic rings. The highest BCUT2D eigenvalue weighted by molar-refractivity contribution is 5.49. The number of hydrogen-bond donors (Lipinski definition) is 1. The monoisotopic (exact) mass is 255 g/mol. The molecule has 0 spiro atoms. The molecule has 0 atom stereocenters. The lowest BCUT2D eigenvalue weighted by atomic mass is 10.0. The van der Waals surface area contributed by atoms with E-state index in [1.165, 1.54) is 16.7 Å². The van der Waals surface area contributed by atoms with E-state index in [2.05, 4.69) is 31.2 Å². The van der Waals surface area contributed by atoms with Crippen LogP contribution in [0.1, 0.15) is 23.6 Å². The molecule has 0 saturated carbocycles. The summed E-state index contributed by atoms with van der Waals surface area (Å²) in [4.78, 5) is 0. The SMILES string of the molecule is CCc1ccc(CCc2ccccc2OC)cc1N. The minimum atomic E-state index is 0.903. The topological polar surface area (TPSA) is 35.2 Å². The van der Waals surface area contributed by atoms with E-state index in [9.17, 15) is 0 Å². The van der Waals surface area contributed by atoms with Crippen molar-refractivity contribution in [3.8, 4) is 5.75 Å². The van der Waals surface area contributed by atoms with Crippen molar-refractivity contribution in [2.75, 3.05) is 12.8 Å². The summed E-state index contributed by atoms with van der Waals surface area (Å²) in [6.45, 7) is 2.13. The third kappa shape index (κ3) is 3.28. The molecule has 2 N–H and O–H groups in total. The van der Waals surface area contributed by atoms with E-state index in [-0.39, 0.29) is 0 Å². The molecule has 0 fully saturated rings. The number of nitrogens with two attached hydrogens (primary N) is 1. The van der Waals surface area contributed by atoms with Crippen LogP contribution < -0.4 is 10.5 Å². The number of hydrogen-bond acceptors (Lipinski definition) is 2. The van der Waals surface area contributed by atoms with Crippen LogP contribution >= 0.6 is 0 Å². The summed E-state index contributed by atoms with van der Waals surface area (Å²) in [5.74, 6) is 0.959. The summed E-state index contributed by atoms with van der Waals surface area (Å²) in [5.41, 5.74) is 10.7. The van der Waals surface area contributed by atoms with Crippen molar-refractivity contribution in [1.82, 2.24) is 0 Å². The van der Waals surface area contributed by atoms with E-state index in [1.54, 1.807) is 7.11 Å². The van der Waals surface area contributed by atoms with Crippen molar-refractivity contribution < 1.29 is 4.74 Å². The molecule has 0 radical (unpaired) electrons. The average molecular weight is 255 g/mol. The van der Waals surface area contributed by atoms with E-state index in [0.717, 1.165) is 30.7 Å². The summed E-state index contributed by atoms with van der Waals surface area (Å²) in [7, 11) is 1.72. The van der Waals surface area contributed by atoms with Crippen molar-refractivity contribution in [2.24, 2.45) is 0 Å². The predicted octanol–water partition coefficient (Wildman–Crippen LogP) is 3.63. The molecule has 0 unspecified atom stereocenters. The van der Waals surface area contributed by atoms with Crippen molar-refractivity contribution in [1.29, 1.82) is 0 Å². The van der Waals surface area contributed by atoms with Crippen LogP contribution in [0.5, 0.6) is 5.75 Å². The van der Waals surface area contributed by atoms with E-state index >= 15 is 0 Å². The second-order valence-corrected chi connectivity index (χ2v) is 4.70. The van der Waals surface area contributed by atoms with Crippen molar-refractivity contribution in [2.45, 2.75) is 26.2 Å². The van der Waals surface area contributed by atoms with Gasteiger partial charge in [-0.15, -0.1) is 0 Å². The van der Waals surface area contributed by atoms with Gasteiger partial charge in [-0.25, -0.2) is 0 Å². The Kier molecular flexibility index (Phi) is 4.45. The molecule has 0 aromatic heterocycles. The standard InChI is InChI=1S/C17H21NO/c1-3-14-10-8-13(12-16(14)18)9-11-15-6-4-5-7-17(15)19-2/h4-8,10,12H,3,9,11,18H2,1-2H3. The maximum atomic E-state index is 6.03. The Morgan fingerprint density at radius 3 is 2.47 bits per heavy atom. The number of aryl methyl sites for hydroxylation is 3. The highest BCUT2D eigenvalue weighted by atomic mass is 16.5. The Morgan fingerprint density at radius 2 is 1.79 bits per heavy atom. The van der Waals surface area contributed by atoms with Crippen LogP contribution in [0.25, 0.3) is 0 Å². The van der Waals surface area contributed by atoms with Gasteiger partial charge >= 0.3 is 0 Å². The fourth-order valence-corrected chi connectivity index (χ4v) is 2.31. The molecular formula is C17H21NO. The van der Waals surface area contributed by atoms with Gasteiger partial charge in [-0.05, 0) is 48.1 Å². The highest BCUT2D eigenvalue weighted by Gasteiger charge is 2.03. The van der Waals surface area contributed by atoms with Crippen LogP contribution in [0, 0.1) is 0 Å². The minimum Gasteiger partial charge on any atom is -0.496 e. The maximum Gasteiger partial charge on any atom is 0.122 e. The summed E-state index contributed by atoms with van der Waals surface area (Å²) < 4.78 is 5.37. The van der Waals surface area contributed by atoms with E-state index in [1.807, 2.05) is 18.2 Å². The van der Waals surface area contributed by atoms with Crippen LogP contribution in [-0.4, -0.2) is 7.11 Å². The second kappa shape index (κ2) is 6.28. The highest BCUT2D eigenvalue weighted by Crippen LogP contribution is 2.21. The number of benzene rings is 2. The van der Waals surface area contributed by atoms with Crippen LogP contribution in [0.3, 0.4) is 0 Å². The molecule has 2 aromatic carbocycles. The first-order chi connectivity index (χ1) is 9.24. The van der Waals surface area contributed by atoms with Crippen molar-refractivity contribution in [3.05, 3.63) is 59.2 Å². The van der Waals surface area contributed by atoms with E-state index in [4.69, 9.17) is 10.5 Å². The normalized spacial score (nSPS) is 10.4. The Hall–Kier alpha value is -1.96. The lowest BCUT2D eigenvalue weighted by molar-refractivity contribution is 0.409. The number of methoxy groups -OCH3 is 1. The minimum absolute atomic E-state index is 0.903. The largest absolute Gasteiger partial charge is 0.496 e. The number of anilines is 1. The van der Waals surface area contributed by atoms with Gasteiger partial charge in [0.05, 0.1) is 7.11 Å². The molecule has 19 heavy (non-hydrogen) atoms. The van der Waals surface area contributed by atoms with Crippen molar-refractivity contribution >= 4 is 5.69 Å². The molecule has 100 valence electrons. The first-order valence-electron chi connectivity index (χ1n) is 6.73. The average Bonchev–Trinajstić information content (AvgIpc) is 2.45. The molecule has 2 rings (SSSR count). The zero-order chi connectivity index (χ0) is 13.7. The maximum absolute atomic E-state index is 6.03. The first kappa shape index (κ1) is 13.5. The Labute approximate surface area is 115 Å². The summed E-state index contributed by atoms with van der Waals surface area (Å²) in [6.07, 6.45) is 2.93.